The van der Waals surface area contributed by atoms with Crippen LogP contribution in [0.1, 0.15) is 18.4 Å². The third-order valence-electron chi connectivity index (χ3n) is 4.31. The number of benzene rings is 1. The molecule has 130 valence electrons. The Kier molecular flexibility index (Phi) is 8.86. The molecule has 1 heterocycles. The molecule has 1 aromatic carbocycles. The first-order valence-corrected chi connectivity index (χ1v) is 8.07. The summed E-state index contributed by atoms with van der Waals surface area (Å²) in [5, 5.41) is 3.13. The van der Waals surface area contributed by atoms with Gasteiger partial charge < -0.3 is 20.9 Å². The number of halogens is 1. The summed E-state index contributed by atoms with van der Waals surface area (Å²) in [7, 11) is 4.34. The van der Waals surface area contributed by atoms with Gasteiger partial charge in [-0.05, 0) is 59.1 Å². The average molecular weight is 431 g/mol. The van der Waals surface area contributed by atoms with Crippen molar-refractivity contribution in [2.75, 3.05) is 45.6 Å². The number of aryl methyl sites for hydroxylation is 1. The highest BCUT2D eigenvalue weighted by molar-refractivity contribution is 14.0. The summed E-state index contributed by atoms with van der Waals surface area (Å²) < 4.78 is 0. The normalized spacial score (nSPS) is 17.1. The van der Waals surface area contributed by atoms with Crippen molar-refractivity contribution in [3.05, 3.63) is 29.8 Å². The molecular weight excluding hydrogens is 401 g/mol. The molecule has 3 N–H and O–H groups in total. The highest BCUT2D eigenvalue weighted by Crippen LogP contribution is 2.13. The summed E-state index contributed by atoms with van der Waals surface area (Å²) in [5.41, 5.74) is 8.16. The Morgan fingerprint density at radius 3 is 2.43 bits per heavy atom. The Morgan fingerprint density at radius 1 is 1.26 bits per heavy atom. The van der Waals surface area contributed by atoms with Crippen LogP contribution in [0.5, 0.6) is 0 Å². The number of likely N-dealkylation sites (tertiary alicyclic amines) is 1. The highest BCUT2D eigenvalue weighted by Gasteiger charge is 2.19. The third kappa shape index (κ3) is 7.05. The molecule has 0 spiro atoms. The fraction of sp³-hybridized carbons (Fsp3) is 0.588. The minimum absolute atomic E-state index is 0. The summed E-state index contributed by atoms with van der Waals surface area (Å²) in [4.78, 5) is 9.23. The molecule has 1 aliphatic heterocycles. The molecule has 1 aliphatic rings. The van der Waals surface area contributed by atoms with Crippen LogP contribution in [-0.4, -0.2) is 62.1 Å². The van der Waals surface area contributed by atoms with E-state index in [2.05, 4.69) is 53.3 Å². The fourth-order valence-corrected chi connectivity index (χ4v) is 2.80. The molecule has 23 heavy (non-hydrogen) atoms. The first-order valence-electron chi connectivity index (χ1n) is 8.07. The van der Waals surface area contributed by atoms with E-state index in [0.29, 0.717) is 5.96 Å². The zero-order valence-electron chi connectivity index (χ0n) is 14.5. The van der Waals surface area contributed by atoms with Gasteiger partial charge in [0, 0.05) is 18.3 Å². The van der Waals surface area contributed by atoms with Crippen LogP contribution in [0.2, 0.25) is 0 Å². The number of hydrogen-bond acceptors (Lipinski definition) is 3. The lowest BCUT2D eigenvalue weighted by molar-refractivity contribution is 0.148. The molecule has 1 aromatic rings. The topological polar surface area (TPSA) is 56.9 Å². The predicted molar refractivity (Wildman–Crippen MR) is 110 cm³/mol. The van der Waals surface area contributed by atoms with Gasteiger partial charge in [-0.25, -0.2) is 0 Å². The van der Waals surface area contributed by atoms with Crippen molar-refractivity contribution >= 4 is 35.6 Å². The highest BCUT2D eigenvalue weighted by atomic mass is 127. The maximum atomic E-state index is 5.93. The lowest BCUT2D eigenvalue weighted by Crippen LogP contribution is -2.42. The number of rotatable bonds is 5. The van der Waals surface area contributed by atoms with Gasteiger partial charge in [0.25, 0.3) is 0 Å². The number of nitrogens with zero attached hydrogens (tertiary/aromatic N) is 3. The van der Waals surface area contributed by atoms with E-state index in [1.807, 2.05) is 12.1 Å². The van der Waals surface area contributed by atoms with E-state index >= 15 is 0 Å². The van der Waals surface area contributed by atoms with E-state index in [1.54, 1.807) is 0 Å². The molecule has 0 bridgehead atoms. The molecule has 1 saturated heterocycles. The van der Waals surface area contributed by atoms with Crippen molar-refractivity contribution in [1.82, 2.24) is 9.80 Å². The summed E-state index contributed by atoms with van der Waals surface area (Å²) >= 11 is 0. The zero-order valence-corrected chi connectivity index (χ0v) is 16.8. The Morgan fingerprint density at radius 2 is 1.87 bits per heavy atom. The van der Waals surface area contributed by atoms with E-state index in [0.717, 1.165) is 37.9 Å². The summed E-state index contributed by atoms with van der Waals surface area (Å²) in [6.45, 7) is 6.11. The van der Waals surface area contributed by atoms with Gasteiger partial charge >= 0.3 is 0 Å². The molecule has 0 unspecified atom stereocenters. The molecule has 0 atom stereocenters. The molecule has 0 radical (unpaired) electrons. The van der Waals surface area contributed by atoms with E-state index in [9.17, 15) is 0 Å². The van der Waals surface area contributed by atoms with E-state index in [4.69, 9.17) is 5.73 Å². The molecule has 0 amide bonds. The standard InChI is InChI=1S/C17H29N5.HI/c1-14-4-6-15(7-5-14)20-17(18)19-10-13-22-11-8-16(9-12-22)21(2)3;/h4-7,16H,8-13H2,1-3H3,(H3,18,19,20);1H. The SMILES string of the molecule is Cc1ccc(NC(N)=NCCN2CCC(N(C)C)CC2)cc1.I. The van der Waals surface area contributed by atoms with Crippen molar-refractivity contribution in [2.24, 2.45) is 10.7 Å². The molecule has 0 aliphatic carbocycles. The lowest BCUT2D eigenvalue weighted by atomic mass is 10.0. The van der Waals surface area contributed by atoms with E-state index < -0.39 is 0 Å². The van der Waals surface area contributed by atoms with Gasteiger partial charge in [-0.2, -0.15) is 0 Å². The van der Waals surface area contributed by atoms with Gasteiger partial charge in [0.1, 0.15) is 0 Å². The van der Waals surface area contributed by atoms with Crippen molar-refractivity contribution in [2.45, 2.75) is 25.8 Å². The largest absolute Gasteiger partial charge is 0.370 e. The van der Waals surface area contributed by atoms with Crippen LogP contribution in [-0.2, 0) is 0 Å². The van der Waals surface area contributed by atoms with Gasteiger partial charge in [0.2, 0.25) is 0 Å². The number of nitrogens with two attached hydrogens (primary N) is 1. The number of guanidine groups is 1. The van der Waals surface area contributed by atoms with E-state index in [1.165, 1.54) is 18.4 Å². The number of anilines is 1. The zero-order chi connectivity index (χ0) is 15.9. The van der Waals surface area contributed by atoms with Crippen LogP contribution in [0.4, 0.5) is 5.69 Å². The van der Waals surface area contributed by atoms with Crippen molar-refractivity contribution in [1.29, 1.82) is 0 Å². The molecule has 6 heteroatoms. The summed E-state index contributed by atoms with van der Waals surface area (Å²) in [6, 6.07) is 8.88. The smallest absolute Gasteiger partial charge is 0.193 e. The van der Waals surface area contributed by atoms with Gasteiger partial charge in [-0.1, -0.05) is 17.7 Å². The second-order valence-corrected chi connectivity index (χ2v) is 6.29. The van der Waals surface area contributed by atoms with Crippen LogP contribution in [0.3, 0.4) is 0 Å². The van der Waals surface area contributed by atoms with Crippen LogP contribution >= 0.6 is 24.0 Å². The number of hydrogen-bond donors (Lipinski definition) is 2. The van der Waals surface area contributed by atoms with Crippen LogP contribution in [0, 0.1) is 6.92 Å². The van der Waals surface area contributed by atoms with Crippen molar-refractivity contribution in [3.63, 3.8) is 0 Å². The third-order valence-corrected chi connectivity index (χ3v) is 4.31. The van der Waals surface area contributed by atoms with Crippen molar-refractivity contribution in [3.8, 4) is 0 Å². The molecule has 1 fully saturated rings. The first-order chi connectivity index (χ1) is 10.5. The van der Waals surface area contributed by atoms with Crippen LogP contribution < -0.4 is 11.1 Å². The molecule has 0 saturated carbocycles. The minimum atomic E-state index is 0. The Balaban J connectivity index is 0.00000264. The van der Waals surface area contributed by atoms with Crippen LogP contribution in [0.15, 0.2) is 29.3 Å². The molecule has 5 nitrogen and oxygen atoms in total. The van der Waals surface area contributed by atoms with E-state index in [-0.39, 0.29) is 24.0 Å². The maximum absolute atomic E-state index is 5.93. The van der Waals surface area contributed by atoms with Gasteiger partial charge in [-0.15, -0.1) is 24.0 Å². The summed E-state index contributed by atoms with van der Waals surface area (Å²) in [5.74, 6) is 0.493. The predicted octanol–water partition coefficient (Wildman–Crippen LogP) is 2.37. The number of nitrogens with one attached hydrogen (secondary N) is 1. The Bertz CT molecular complexity index is 478. The molecule has 0 aromatic heterocycles. The van der Waals surface area contributed by atoms with Gasteiger partial charge in [-0.3, -0.25) is 4.99 Å². The Hall–Kier alpha value is -0.860. The maximum Gasteiger partial charge on any atom is 0.193 e. The monoisotopic (exact) mass is 431 g/mol. The van der Waals surface area contributed by atoms with Crippen molar-refractivity contribution < 1.29 is 0 Å². The molecular formula is C17H30IN5. The Labute approximate surface area is 157 Å². The lowest BCUT2D eigenvalue weighted by Gasteiger charge is -2.34. The van der Waals surface area contributed by atoms with Gasteiger partial charge in [0.15, 0.2) is 5.96 Å². The quantitative estimate of drug-likeness (QED) is 0.427. The number of piperidine rings is 1. The second-order valence-electron chi connectivity index (χ2n) is 6.29. The van der Waals surface area contributed by atoms with Gasteiger partial charge in [0.05, 0.1) is 6.54 Å². The second kappa shape index (κ2) is 10.1. The first kappa shape index (κ1) is 20.2. The fourth-order valence-electron chi connectivity index (χ4n) is 2.80. The summed E-state index contributed by atoms with van der Waals surface area (Å²) in [6.07, 6.45) is 2.49. The number of aliphatic imine (C=N–C) groups is 1. The molecule has 2 rings (SSSR count). The van der Waals surface area contributed by atoms with Crippen LogP contribution in [0.25, 0.3) is 0 Å². The minimum Gasteiger partial charge on any atom is -0.370 e. The average Bonchev–Trinajstić information content (AvgIpc) is 2.50.